The number of amides is 2. The Morgan fingerprint density at radius 3 is 1.98 bits per heavy atom. The Kier molecular flexibility index (Phi) is 13.8. The summed E-state index contributed by atoms with van der Waals surface area (Å²) in [4.78, 5) is 60.3. The van der Waals surface area contributed by atoms with Gasteiger partial charge in [-0.2, -0.15) is 0 Å². The van der Waals surface area contributed by atoms with Gasteiger partial charge in [-0.15, -0.1) is 0 Å². The molecule has 2 bridgehead atoms. The lowest BCUT2D eigenvalue weighted by atomic mass is 9.78. The number of ketones is 1. The van der Waals surface area contributed by atoms with E-state index in [4.69, 9.17) is 0 Å². The van der Waals surface area contributed by atoms with Crippen LogP contribution in [0.2, 0.25) is 0 Å². The Morgan fingerprint density at radius 1 is 0.804 bits per heavy atom. The average molecular weight is 644 g/mol. The second-order valence-electron chi connectivity index (χ2n) is 12.7. The summed E-state index contributed by atoms with van der Waals surface area (Å²) in [5.74, 6) is -2.13. The normalized spacial score (nSPS) is 24.2. The van der Waals surface area contributed by atoms with Crippen LogP contribution in [0.5, 0.6) is 0 Å². The van der Waals surface area contributed by atoms with Gasteiger partial charge in [0.15, 0.2) is 5.78 Å². The summed E-state index contributed by atoms with van der Waals surface area (Å²) in [5, 5.41) is 34.2. The molecule has 0 aliphatic carbocycles. The van der Waals surface area contributed by atoms with Gasteiger partial charge in [0.1, 0.15) is 6.04 Å². The number of carbonyl (C=O) groups excluding carboxylic acids is 3. The highest BCUT2D eigenvalue weighted by molar-refractivity contribution is 6.43. The van der Waals surface area contributed by atoms with Gasteiger partial charge < -0.3 is 40.5 Å². The first-order chi connectivity index (χ1) is 22.1. The fraction of sp³-hybridized carbons (Fsp3) is 0.677. The summed E-state index contributed by atoms with van der Waals surface area (Å²) < 4.78 is 0. The predicted octanol–water partition coefficient (Wildman–Crippen LogP) is -1.11. The fourth-order valence-electron chi connectivity index (χ4n) is 6.50. The fourth-order valence-corrected chi connectivity index (χ4v) is 6.50. The molecule has 4 atom stereocenters. The van der Waals surface area contributed by atoms with Crippen LogP contribution in [-0.4, -0.2) is 174 Å². The van der Waals surface area contributed by atoms with E-state index in [1.165, 1.54) is 4.90 Å². The van der Waals surface area contributed by atoms with Crippen LogP contribution in [-0.2, 0) is 14.4 Å². The van der Waals surface area contributed by atoms with E-state index in [2.05, 4.69) is 25.3 Å². The van der Waals surface area contributed by atoms with Gasteiger partial charge in [-0.1, -0.05) is 0 Å². The zero-order valence-electron chi connectivity index (χ0n) is 27.0. The van der Waals surface area contributed by atoms with E-state index in [1.807, 2.05) is 4.90 Å². The molecule has 14 nitrogen and oxygen atoms in total. The number of nitrogens with one attached hydrogen (secondary N) is 2. The molecular formula is C31H50BN7O7. The predicted molar refractivity (Wildman–Crippen MR) is 174 cm³/mol. The van der Waals surface area contributed by atoms with Gasteiger partial charge in [0, 0.05) is 63.6 Å². The van der Waals surface area contributed by atoms with Crippen LogP contribution in [0.25, 0.3) is 0 Å². The zero-order chi connectivity index (χ0) is 33.1. The molecule has 0 saturated carbocycles. The van der Waals surface area contributed by atoms with Crippen molar-refractivity contribution in [2.45, 2.75) is 44.6 Å². The summed E-state index contributed by atoms with van der Waals surface area (Å²) in [7, 11) is -1.61. The molecule has 2 amide bonds. The number of benzene rings is 1. The van der Waals surface area contributed by atoms with E-state index in [-0.39, 0.29) is 24.8 Å². The zero-order valence-corrected chi connectivity index (χ0v) is 27.0. The Hall–Kier alpha value is -3.08. The first-order valence-corrected chi connectivity index (χ1v) is 16.5. The topological polar surface area (TPSA) is 169 Å². The van der Waals surface area contributed by atoms with Crippen molar-refractivity contribution in [2.24, 2.45) is 0 Å². The van der Waals surface area contributed by atoms with E-state index >= 15 is 0 Å². The average Bonchev–Trinajstić information content (AvgIpc) is 3.53. The third-order valence-corrected chi connectivity index (χ3v) is 9.13. The highest BCUT2D eigenvalue weighted by Gasteiger charge is 2.38. The van der Waals surface area contributed by atoms with E-state index in [1.54, 1.807) is 31.2 Å². The summed E-state index contributed by atoms with van der Waals surface area (Å²) in [6, 6.07) is 5.91. The third kappa shape index (κ3) is 11.0. The van der Waals surface area contributed by atoms with Crippen molar-refractivity contribution in [3.05, 3.63) is 29.8 Å². The number of Topliss-reactive ketones (excluding diaryl/α,β-unsaturated/α-hetero) is 1. The highest BCUT2D eigenvalue weighted by atomic mass is 16.4. The van der Waals surface area contributed by atoms with E-state index in [0.717, 1.165) is 78.3 Å². The molecule has 2 unspecified atom stereocenters. The van der Waals surface area contributed by atoms with Gasteiger partial charge >= 0.3 is 13.1 Å². The number of hydrogen-bond donors (Lipinski definition) is 5. The number of rotatable bonds is 11. The minimum Gasteiger partial charge on any atom is -0.480 e. The van der Waals surface area contributed by atoms with Crippen LogP contribution >= 0.6 is 0 Å². The Morgan fingerprint density at radius 2 is 1.39 bits per heavy atom. The van der Waals surface area contributed by atoms with Crippen LogP contribution in [0, 0.1) is 0 Å². The molecule has 3 fully saturated rings. The van der Waals surface area contributed by atoms with Gasteiger partial charge in [0.2, 0.25) is 5.91 Å². The smallest absolute Gasteiger partial charge is 0.475 e. The number of carbonyl (C=O) groups is 4. The maximum Gasteiger partial charge on any atom is 0.475 e. The first-order valence-electron chi connectivity index (χ1n) is 16.5. The summed E-state index contributed by atoms with van der Waals surface area (Å²) >= 11 is 0. The maximum atomic E-state index is 13.0. The molecule has 254 valence electrons. The molecule has 4 rings (SSSR count). The van der Waals surface area contributed by atoms with Gasteiger partial charge in [0.05, 0.1) is 25.6 Å². The van der Waals surface area contributed by atoms with Crippen LogP contribution in [0.3, 0.4) is 0 Å². The summed E-state index contributed by atoms with van der Waals surface area (Å²) in [6.07, 6.45) is 3.05. The minimum absolute atomic E-state index is 0.0771. The highest BCUT2D eigenvalue weighted by Crippen LogP contribution is 2.19. The second-order valence-corrected chi connectivity index (χ2v) is 12.7. The van der Waals surface area contributed by atoms with Crippen LogP contribution < -0.4 is 10.6 Å². The molecule has 15 heteroatoms. The van der Waals surface area contributed by atoms with E-state index < -0.39 is 31.0 Å². The molecule has 3 heterocycles. The van der Waals surface area contributed by atoms with Crippen molar-refractivity contribution in [3.63, 3.8) is 0 Å². The number of nitrogens with zero attached hydrogens (tertiary/aromatic N) is 5. The molecule has 0 aromatic heterocycles. The number of likely N-dealkylation sites (tertiary alicyclic amines) is 1. The Balaban J connectivity index is 1.22. The van der Waals surface area contributed by atoms with Crippen LogP contribution in [0.4, 0.5) is 5.69 Å². The van der Waals surface area contributed by atoms with Crippen molar-refractivity contribution in [1.29, 1.82) is 0 Å². The number of carboxylic acids is 1. The molecule has 0 spiro atoms. The van der Waals surface area contributed by atoms with Gasteiger partial charge in [-0.3, -0.25) is 29.0 Å². The van der Waals surface area contributed by atoms with Gasteiger partial charge in [-0.25, -0.2) is 0 Å². The number of carboxylic acid groups (broad SMARTS) is 1. The Bertz CT molecular complexity index is 1170. The number of aliphatic carboxylic acids is 1. The first kappa shape index (κ1) is 35.8. The molecular weight excluding hydrogens is 593 g/mol. The molecule has 0 radical (unpaired) electrons. The van der Waals surface area contributed by atoms with Crippen LogP contribution in [0.15, 0.2) is 24.3 Å². The van der Waals surface area contributed by atoms with Crippen molar-refractivity contribution in [2.75, 3.05) is 96.9 Å². The molecule has 46 heavy (non-hydrogen) atoms. The van der Waals surface area contributed by atoms with Gasteiger partial charge in [0.25, 0.3) is 5.91 Å². The molecule has 1 aromatic carbocycles. The van der Waals surface area contributed by atoms with E-state index in [0.29, 0.717) is 37.2 Å². The monoisotopic (exact) mass is 643 g/mol. The summed E-state index contributed by atoms with van der Waals surface area (Å²) in [6.45, 7) is 11.2. The number of anilines is 1. The van der Waals surface area contributed by atoms with E-state index in [9.17, 15) is 34.3 Å². The third-order valence-electron chi connectivity index (χ3n) is 9.13. The lowest BCUT2D eigenvalue weighted by Gasteiger charge is -2.35. The largest absolute Gasteiger partial charge is 0.480 e. The molecule has 5 N–H and O–H groups in total. The summed E-state index contributed by atoms with van der Waals surface area (Å²) in [5.41, 5.74) is 1.08. The van der Waals surface area contributed by atoms with Crippen molar-refractivity contribution in [1.82, 2.24) is 29.8 Å². The van der Waals surface area contributed by atoms with Crippen LogP contribution in [0.1, 0.15) is 43.0 Å². The lowest BCUT2D eigenvalue weighted by Crippen LogP contribution is -2.52. The van der Waals surface area contributed by atoms with Crippen molar-refractivity contribution >= 4 is 36.4 Å². The minimum atomic E-state index is -1.61. The van der Waals surface area contributed by atoms with Gasteiger partial charge in [-0.05, 0) is 76.5 Å². The molecule has 3 aliphatic heterocycles. The standard InChI is InChI=1S/C31H50BN7O7/c1-24(31(44)39-14-2-5-28(39)32(45)46)34-30(43)25-6-8-26(9-7-25)33-21-27(40)22-37-12-3-10-36-16-15-35(17-19-37)11-4-13-38(20-18-36)23-29(41)42/h6-9,24,28,33,45-46H,2-5,10-23H2,1H3,(H,34,43)(H,41,42)/t24-,28+/m1/s1. The number of fused-ring (bicyclic) bond motifs is 3. The number of hydrogen-bond acceptors (Lipinski definition) is 11. The van der Waals surface area contributed by atoms with Crippen molar-refractivity contribution < 1.29 is 34.3 Å². The SMILES string of the molecule is C[C@@H](NC(=O)c1ccc(NCC(=O)CN2CCCN3CCN(CCCN(CC(=O)O)CC3)CC2)cc1)C(=O)N1CCC[C@H]1B(O)O. The molecule has 3 aliphatic rings. The molecule has 1 aromatic rings. The second kappa shape index (κ2) is 17.7. The lowest BCUT2D eigenvalue weighted by molar-refractivity contribution is -0.138. The maximum absolute atomic E-state index is 13.0. The Labute approximate surface area is 271 Å². The quantitative estimate of drug-likeness (QED) is 0.185. The molecule has 3 saturated heterocycles. The van der Waals surface area contributed by atoms with Crippen molar-refractivity contribution in [3.8, 4) is 0 Å².